The van der Waals surface area contributed by atoms with Gasteiger partial charge in [-0.2, -0.15) is 0 Å². The van der Waals surface area contributed by atoms with E-state index in [0.29, 0.717) is 11.6 Å². The summed E-state index contributed by atoms with van der Waals surface area (Å²) in [6, 6.07) is 14.7. The van der Waals surface area contributed by atoms with Crippen LogP contribution >= 0.6 is 11.6 Å². The van der Waals surface area contributed by atoms with Gasteiger partial charge in [-0.05, 0) is 74.8 Å². The van der Waals surface area contributed by atoms with Gasteiger partial charge in [0.1, 0.15) is 5.75 Å². The number of rotatable bonds is 7. The van der Waals surface area contributed by atoms with Gasteiger partial charge >= 0.3 is 0 Å². The van der Waals surface area contributed by atoms with Crippen molar-refractivity contribution >= 4 is 23.3 Å². The van der Waals surface area contributed by atoms with Crippen molar-refractivity contribution in [3.05, 3.63) is 64.7 Å². The van der Waals surface area contributed by atoms with E-state index in [1.807, 2.05) is 55.5 Å². The molecule has 0 spiro atoms. The van der Waals surface area contributed by atoms with Crippen molar-refractivity contribution < 1.29 is 14.3 Å². The van der Waals surface area contributed by atoms with Crippen molar-refractivity contribution in [1.29, 1.82) is 0 Å². The maximum atomic E-state index is 12.7. The fraction of sp³-hybridized carbons (Fsp3) is 0.391. The van der Waals surface area contributed by atoms with Gasteiger partial charge in [-0.25, -0.2) is 0 Å². The second-order valence-corrected chi connectivity index (χ2v) is 7.92. The Morgan fingerprint density at radius 2 is 1.72 bits per heavy atom. The lowest BCUT2D eigenvalue weighted by Crippen LogP contribution is -2.43. The van der Waals surface area contributed by atoms with E-state index >= 15 is 0 Å². The molecule has 1 aliphatic heterocycles. The molecule has 2 aromatic carbocycles. The predicted molar refractivity (Wildman–Crippen MR) is 114 cm³/mol. The first-order chi connectivity index (χ1) is 14.0. The molecule has 154 valence electrons. The Hall–Kier alpha value is -2.37. The number of nitrogens with zero attached hydrogens (tertiary/aromatic N) is 1. The molecule has 1 heterocycles. The van der Waals surface area contributed by atoms with Crippen molar-refractivity contribution in [2.45, 2.75) is 25.8 Å². The van der Waals surface area contributed by atoms with E-state index in [4.69, 9.17) is 16.3 Å². The molecule has 3 rings (SSSR count). The molecule has 1 N–H and O–H groups in total. The zero-order chi connectivity index (χ0) is 20.8. The standard InChI is InChI=1S/C23H27ClN2O3/c1-16(17-3-7-20(24)8-4-17)25-22(27)15-26-13-11-19(12-14-26)23(28)18-5-9-21(29-2)10-6-18/h3-10,16,19H,11-15H2,1-2H3,(H,25,27). The van der Waals surface area contributed by atoms with Gasteiger partial charge in [0.15, 0.2) is 5.78 Å². The number of amides is 1. The van der Waals surface area contributed by atoms with Crippen molar-refractivity contribution in [2.75, 3.05) is 26.7 Å². The van der Waals surface area contributed by atoms with Crippen molar-refractivity contribution in [3.8, 4) is 5.75 Å². The van der Waals surface area contributed by atoms with Crippen LogP contribution in [0.2, 0.25) is 5.02 Å². The third kappa shape index (κ3) is 5.81. The summed E-state index contributed by atoms with van der Waals surface area (Å²) in [6.45, 7) is 3.80. The summed E-state index contributed by atoms with van der Waals surface area (Å²) in [4.78, 5) is 27.2. The number of carbonyl (C=O) groups is 2. The molecule has 6 heteroatoms. The third-order valence-corrected chi connectivity index (χ3v) is 5.70. The average Bonchev–Trinajstić information content (AvgIpc) is 2.74. The van der Waals surface area contributed by atoms with Crippen molar-refractivity contribution in [3.63, 3.8) is 0 Å². The smallest absolute Gasteiger partial charge is 0.234 e. The van der Waals surface area contributed by atoms with E-state index in [-0.39, 0.29) is 23.7 Å². The molecule has 0 aliphatic carbocycles. The third-order valence-electron chi connectivity index (χ3n) is 5.45. The van der Waals surface area contributed by atoms with E-state index < -0.39 is 0 Å². The fourth-order valence-corrected chi connectivity index (χ4v) is 3.80. The maximum Gasteiger partial charge on any atom is 0.234 e. The van der Waals surface area contributed by atoms with E-state index in [1.54, 1.807) is 7.11 Å². The Balaban J connectivity index is 1.45. The number of likely N-dealkylation sites (tertiary alicyclic amines) is 1. The molecule has 0 radical (unpaired) electrons. The van der Waals surface area contributed by atoms with Crippen LogP contribution in [-0.2, 0) is 4.79 Å². The SMILES string of the molecule is COc1ccc(C(=O)C2CCN(CC(=O)NC(C)c3ccc(Cl)cc3)CC2)cc1. The van der Waals surface area contributed by atoms with Gasteiger partial charge in [0, 0.05) is 16.5 Å². The lowest BCUT2D eigenvalue weighted by molar-refractivity contribution is -0.123. The van der Waals surface area contributed by atoms with Crippen LogP contribution in [0.1, 0.15) is 41.7 Å². The number of hydrogen-bond acceptors (Lipinski definition) is 4. The number of ketones is 1. The highest BCUT2D eigenvalue weighted by atomic mass is 35.5. The molecule has 1 saturated heterocycles. The molecule has 1 aliphatic rings. The topological polar surface area (TPSA) is 58.6 Å². The number of nitrogens with one attached hydrogen (secondary N) is 1. The number of Topliss-reactive ketones (excluding diaryl/α,β-unsaturated/α-hetero) is 1. The molecule has 1 amide bonds. The summed E-state index contributed by atoms with van der Waals surface area (Å²) >= 11 is 5.91. The molecule has 1 atom stereocenters. The summed E-state index contributed by atoms with van der Waals surface area (Å²) in [7, 11) is 1.61. The fourth-order valence-electron chi connectivity index (χ4n) is 3.67. The summed E-state index contributed by atoms with van der Waals surface area (Å²) in [5, 5.41) is 3.71. The molecular weight excluding hydrogens is 388 g/mol. The van der Waals surface area contributed by atoms with Gasteiger partial charge < -0.3 is 10.1 Å². The number of methoxy groups -OCH3 is 1. The van der Waals surface area contributed by atoms with Gasteiger partial charge in [0.25, 0.3) is 0 Å². The maximum absolute atomic E-state index is 12.7. The van der Waals surface area contributed by atoms with Gasteiger partial charge in [0.05, 0.1) is 19.7 Å². The second-order valence-electron chi connectivity index (χ2n) is 7.48. The Labute approximate surface area is 177 Å². The Bertz CT molecular complexity index is 828. The van der Waals surface area contributed by atoms with E-state index in [0.717, 1.165) is 42.8 Å². The summed E-state index contributed by atoms with van der Waals surface area (Å²) in [5.41, 5.74) is 1.74. The molecule has 0 saturated carbocycles. The molecule has 0 bridgehead atoms. The van der Waals surface area contributed by atoms with Crippen molar-refractivity contribution in [2.24, 2.45) is 5.92 Å². The first-order valence-corrected chi connectivity index (χ1v) is 10.3. The molecule has 5 nitrogen and oxygen atoms in total. The van der Waals surface area contributed by atoms with Crippen LogP contribution in [0.5, 0.6) is 5.75 Å². The van der Waals surface area contributed by atoms with Gasteiger partial charge in [0.2, 0.25) is 5.91 Å². The number of piperidine rings is 1. The highest BCUT2D eigenvalue weighted by Gasteiger charge is 2.27. The molecule has 1 fully saturated rings. The highest BCUT2D eigenvalue weighted by molar-refractivity contribution is 6.30. The Morgan fingerprint density at radius 3 is 2.31 bits per heavy atom. The highest BCUT2D eigenvalue weighted by Crippen LogP contribution is 2.23. The predicted octanol–water partition coefficient (Wildman–Crippen LogP) is 4.12. The minimum absolute atomic E-state index is 0.00705. The van der Waals surface area contributed by atoms with E-state index in [2.05, 4.69) is 10.2 Å². The van der Waals surface area contributed by atoms with Crippen LogP contribution < -0.4 is 10.1 Å². The molecule has 29 heavy (non-hydrogen) atoms. The second kappa shape index (κ2) is 9.90. The Kier molecular flexibility index (Phi) is 7.29. The van der Waals surface area contributed by atoms with Crippen LogP contribution in [0, 0.1) is 5.92 Å². The first kappa shape index (κ1) is 21.3. The molecule has 2 aromatic rings. The monoisotopic (exact) mass is 414 g/mol. The number of hydrogen-bond donors (Lipinski definition) is 1. The van der Waals surface area contributed by atoms with Crippen LogP contribution in [0.4, 0.5) is 0 Å². The Morgan fingerprint density at radius 1 is 1.10 bits per heavy atom. The largest absolute Gasteiger partial charge is 0.497 e. The van der Waals surface area contributed by atoms with Crippen LogP contribution in [0.25, 0.3) is 0 Å². The lowest BCUT2D eigenvalue weighted by atomic mass is 9.89. The first-order valence-electron chi connectivity index (χ1n) is 9.91. The normalized spacial score (nSPS) is 16.2. The number of halogens is 1. The average molecular weight is 415 g/mol. The molecule has 1 unspecified atom stereocenters. The minimum Gasteiger partial charge on any atom is -0.497 e. The van der Waals surface area contributed by atoms with Crippen LogP contribution in [0.15, 0.2) is 48.5 Å². The van der Waals surface area contributed by atoms with E-state index in [1.165, 1.54) is 0 Å². The van der Waals surface area contributed by atoms with Gasteiger partial charge in [-0.15, -0.1) is 0 Å². The van der Waals surface area contributed by atoms with Gasteiger partial charge in [-0.1, -0.05) is 23.7 Å². The van der Waals surface area contributed by atoms with E-state index in [9.17, 15) is 9.59 Å². The number of ether oxygens (including phenoxy) is 1. The van der Waals surface area contributed by atoms with Gasteiger partial charge in [-0.3, -0.25) is 14.5 Å². The zero-order valence-corrected chi connectivity index (χ0v) is 17.6. The lowest BCUT2D eigenvalue weighted by Gasteiger charge is -2.31. The quantitative estimate of drug-likeness (QED) is 0.692. The van der Waals surface area contributed by atoms with Crippen LogP contribution in [0.3, 0.4) is 0 Å². The number of carbonyl (C=O) groups excluding carboxylic acids is 2. The van der Waals surface area contributed by atoms with Crippen LogP contribution in [-0.4, -0.2) is 43.3 Å². The summed E-state index contributed by atoms with van der Waals surface area (Å²) in [5.74, 6) is 0.923. The molecular formula is C23H27ClN2O3. The minimum atomic E-state index is -0.0750. The zero-order valence-electron chi connectivity index (χ0n) is 16.9. The molecule has 0 aromatic heterocycles. The summed E-state index contributed by atoms with van der Waals surface area (Å²) in [6.07, 6.45) is 1.54. The number of benzene rings is 2. The van der Waals surface area contributed by atoms with Crippen molar-refractivity contribution in [1.82, 2.24) is 10.2 Å². The summed E-state index contributed by atoms with van der Waals surface area (Å²) < 4.78 is 5.14.